The molecule has 1 saturated carbocycles. The second-order valence-electron chi connectivity index (χ2n) is 19.4. The van der Waals surface area contributed by atoms with E-state index in [4.69, 9.17) is 35.6 Å². The van der Waals surface area contributed by atoms with Gasteiger partial charge in [0.25, 0.3) is 0 Å². The van der Waals surface area contributed by atoms with E-state index < -0.39 is 119 Å². The van der Waals surface area contributed by atoms with E-state index in [1.807, 2.05) is 13.8 Å². The molecule has 1 aliphatic carbocycles. The highest BCUT2D eigenvalue weighted by Crippen LogP contribution is 2.36. The minimum Gasteiger partial charge on any atom is -0.370 e. The number of carbonyl (C=O) groups is 10. The number of aliphatic imine (C=N–C) groups is 1. The largest absolute Gasteiger partial charge is 0.370 e. The van der Waals surface area contributed by atoms with Crippen LogP contribution in [0.5, 0.6) is 0 Å². The average Bonchev–Trinajstić information content (AvgIpc) is 3.86. The molecule has 1 saturated heterocycles. The quantitative estimate of drug-likeness (QED) is 0.0185. The van der Waals surface area contributed by atoms with Crippen LogP contribution >= 0.6 is 25.3 Å². The van der Waals surface area contributed by atoms with Gasteiger partial charge in [-0.15, -0.1) is 0 Å². The van der Waals surface area contributed by atoms with Gasteiger partial charge in [0.15, 0.2) is 5.96 Å². The Hall–Kier alpha value is -6.11. The zero-order chi connectivity index (χ0) is 55.1. The third-order valence-electron chi connectivity index (χ3n) is 13.5. The molecule has 2 aliphatic rings. The molecule has 9 atom stereocenters. The van der Waals surface area contributed by atoms with E-state index in [1.54, 1.807) is 44.2 Å². The molecular weight excluding hydrogens is 995 g/mol. The SMILES string of the molecule is CC[C@H](C)[C@H](NC(=O)CC1(S)CCCCC1)C(=O)N[C@@H](Cc1ccccc1)C(=O)N[C@H](C(=O)N[C@@H](CC(N)=O)C(=O)N[C@@H](CS)C(=O)N1CCC[C@H]1C(=O)N[C@@H](CCCN=C(N)N)C(=O)NCC(N)=O)[C@@H](C)CC. The maximum atomic E-state index is 14.4. The van der Waals surface area contributed by atoms with Crippen LogP contribution in [0.1, 0.15) is 117 Å². The molecule has 1 heterocycles. The van der Waals surface area contributed by atoms with Crippen LogP contribution < -0.4 is 60.2 Å². The first-order chi connectivity index (χ1) is 35.0. The van der Waals surface area contributed by atoms with E-state index >= 15 is 0 Å². The van der Waals surface area contributed by atoms with Gasteiger partial charge in [0.05, 0.1) is 13.0 Å². The monoisotopic (exact) mass is 1070 g/mol. The molecule has 1 aliphatic heterocycles. The van der Waals surface area contributed by atoms with Crippen molar-refractivity contribution in [2.45, 2.75) is 165 Å². The van der Waals surface area contributed by atoms with Gasteiger partial charge < -0.3 is 65.1 Å². The normalized spacial score (nSPS) is 18.2. The summed E-state index contributed by atoms with van der Waals surface area (Å²) in [5, 5.41) is 18.5. The third kappa shape index (κ3) is 20.3. The standard InChI is InChI=1S/C49H79N13O10S2/c1-5-28(3)39(60-38(65)25-49(74)19-11-8-12-20-49)45(70)57-32(23-30-15-9-7-10-16-30)43(68)61-40(29(4)6-2)46(71)58-33(24-36(50)63)42(67)59-34(27-73)47(72)62-22-14-18-35(62)44(69)56-31(17-13-21-54-48(52)53)41(66)55-26-37(51)64/h7,9-10,15-16,28-29,31-35,39-40,73-74H,5-6,8,11-14,17-27H2,1-4H3,(H2,50,63)(H2,51,64)(H,55,66)(H,56,69)(H,57,70)(H,58,71)(H,59,67)(H,60,65)(H,61,68)(H4,52,53,54)/t28-,29-,31-,32-,33-,34-,35-,39-,40-/m0/s1. The number of thiol groups is 2. The Labute approximate surface area is 444 Å². The van der Waals surface area contributed by atoms with Gasteiger partial charge in [0.1, 0.15) is 42.3 Å². The highest BCUT2D eigenvalue weighted by Gasteiger charge is 2.41. The van der Waals surface area contributed by atoms with E-state index in [0.717, 1.165) is 32.1 Å². The van der Waals surface area contributed by atoms with Crippen molar-refractivity contribution in [3.63, 3.8) is 0 Å². The number of benzene rings is 1. The molecule has 25 heteroatoms. The fraction of sp³-hybridized carbons (Fsp3) is 0.653. The zero-order valence-electron chi connectivity index (χ0n) is 43.0. The maximum absolute atomic E-state index is 14.4. The second-order valence-corrected chi connectivity index (χ2v) is 20.7. The van der Waals surface area contributed by atoms with Crippen LogP contribution in [0.25, 0.3) is 0 Å². The average molecular weight is 1070 g/mol. The Morgan fingerprint density at radius 3 is 1.85 bits per heavy atom. The number of guanidine groups is 1. The lowest BCUT2D eigenvalue weighted by atomic mass is 9.85. The van der Waals surface area contributed by atoms with Crippen LogP contribution in [0.2, 0.25) is 0 Å². The van der Waals surface area contributed by atoms with Gasteiger partial charge >= 0.3 is 0 Å². The Bertz CT molecular complexity index is 2140. The molecule has 0 unspecified atom stereocenters. The lowest BCUT2D eigenvalue weighted by molar-refractivity contribution is -0.142. The number of likely N-dealkylation sites (tertiary alicyclic amines) is 1. The van der Waals surface area contributed by atoms with Gasteiger partial charge in [-0.3, -0.25) is 52.9 Å². The molecule has 0 radical (unpaired) electrons. The van der Waals surface area contributed by atoms with Crippen LogP contribution in [0.3, 0.4) is 0 Å². The van der Waals surface area contributed by atoms with Gasteiger partial charge in [-0.1, -0.05) is 90.1 Å². The molecule has 0 spiro atoms. The van der Waals surface area contributed by atoms with Crippen LogP contribution in [0.15, 0.2) is 35.3 Å². The Morgan fingerprint density at radius 2 is 1.28 bits per heavy atom. The fourth-order valence-corrected chi connectivity index (χ4v) is 9.57. The molecule has 0 aromatic heterocycles. The summed E-state index contributed by atoms with van der Waals surface area (Å²) in [5.74, 6) is -8.79. The smallest absolute Gasteiger partial charge is 0.246 e. The lowest BCUT2D eigenvalue weighted by Gasteiger charge is -2.33. The minimum absolute atomic E-state index is 0.00708. The highest BCUT2D eigenvalue weighted by atomic mass is 32.1. The molecule has 1 aromatic carbocycles. The molecule has 74 heavy (non-hydrogen) atoms. The molecule has 23 nitrogen and oxygen atoms in total. The number of nitrogens with zero attached hydrogens (tertiary/aromatic N) is 2. The first kappa shape index (κ1) is 62.2. The van der Waals surface area contributed by atoms with Crippen LogP contribution in [-0.4, -0.2) is 142 Å². The van der Waals surface area contributed by atoms with Crippen molar-refractivity contribution < 1.29 is 47.9 Å². The number of amides is 10. The first-order valence-electron chi connectivity index (χ1n) is 25.4. The van der Waals surface area contributed by atoms with Crippen LogP contribution in [0, 0.1) is 11.8 Å². The molecule has 10 amide bonds. The van der Waals surface area contributed by atoms with E-state index in [9.17, 15) is 47.9 Å². The molecular formula is C49H79N13O10S2. The predicted octanol–water partition coefficient (Wildman–Crippen LogP) is -1.30. The van der Waals surface area contributed by atoms with Crippen LogP contribution in [0.4, 0.5) is 0 Å². The number of hydrogen-bond donors (Lipinski definition) is 13. The first-order valence-corrected chi connectivity index (χ1v) is 26.5. The summed E-state index contributed by atoms with van der Waals surface area (Å²) < 4.78 is -0.484. The Balaban J connectivity index is 1.82. The molecule has 412 valence electrons. The number of carbonyl (C=O) groups excluding carboxylic acids is 10. The summed E-state index contributed by atoms with van der Waals surface area (Å²) in [6.45, 7) is 6.91. The van der Waals surface area contributed by atoms with Crippen molar-refractivity contribution in [3.8, 4) is 0 Å². The molecule has 2 fully saturated rings. The van der Waals surface area contributed by atoms with Gasteiger partial charge in [-0.25, -0.2) is 0 Å². The van der Waals surface area contributed by atoms with Gasteiger partial charge in [0.2, 0.25) is 59.1 Å². The van der Waals surface area contributed by atoms with E-state index in [1.165, 1.54) is 4.90 Å². The van der Waals surface area contributed by atoms with Crippen LogP contribution in [-0.2, 0) is 54.4 Å². The van der Waals surface area contributed by atoms with E-state index in [-0.39, 0.29) is 68.7 Å². The highest BCUT2D eigenvalue weighted by molar-refractivity contribution is 7.81. The fourth-order valence-electron chi connectivity index (χ4n) is 8.86. The van der Waals surface area contributed by atoms with E-state index in [2.05, 4.69) is 54.8 Å². The van der Waals surface area contributed by atoms with Gasteiger partial charge in [-0.2, -0.15) is 25.3 Å². The third-order valence-corrected chi connectivity index (χ3v) is 14.5. The summed E-state index contributed by atoms with van der Waals surface area (Å²) in [7, 11) is 0. The summed E-state index contributed by atoms with van der Waals surface area (Å²) in [4.78, 5) is 140. The number of hydrogen-bond acceptors (Lipinski definition) is 13. The summed E-state index contributed by atoms with van der Waals surface area (Å²) >= 11 is 9.13. The van der Waals surface area contributed by atoms with Crippen molar-refractivity contribution in [2.75, 3.05) is 25.4 Å². The zero-order valence-corrected chi connectivity index (χ0v) is 44.8. The van der Waals surface area contributed by atoms with Crippen molar-refractivity contribution in [2.24, 2.45) is 39.8 Å². The van der Waals surface area contributed by atoms with Gasteiger partial charge in [-0.05, 0) is 55.9 Å². The lowest BCUT2D eigenvalue weighted by Crippen LogP contribution is -2.62. The molecule has 0 bridgehead atoms. The summed E-state index contributed by atoms with van der Waals surface area (Å²) in [6, 6.07) is 0.0342. The second kappa shape index (κ2) is 30.9. The number of primary amides is 2. The molecule has 15 N–H and O–H groups in total. The Morgan fingerprint density at radius 1 is 0.703 bits per heavy atom. The minimum atomic E-state index is -1.65. The number of nitrogens with two attached hydrogens (primary N) is 4. The van der Waals surface area contributed by atoms with E-state index in [0.29, 0.717) is 24.8 Å². The van der Waals surface area contributed by atoms with Gasteiger partial charge in [0, 0.05) is 36.4 Å². The number of nitrogens with one attached hydrogen (secondary N) is 7. The summed E-state index contributed by atoms with van der Waals surface area (Å²) in [5.41, 5.74) is 22.2. The van der Waals surface area contributed by atoms with Crippen molar-refractivity contribution in [1.82, 2.24) is 42.1 Å². The maximum Gasteiger partial charge on any atom is 0.246 e. The molecule has 1 aromatic rings. The Kier molecular flexibility index (Phi) is 26.0. The predicted molar refractivity (Wildman–Crippen MR) is 285 cm³/mol. The number of rotatable bonds is 30. The topological polar surface area (TPSA) is 375 Å². The van der Waals surface area contributed by atoms with Crippen molar-refractivity contribution in [3.05, 3.63) is 35.9 Å². The van der Waals surface area contributed by atoms with Crippen molar-refractivity contribution >= 4 is 90.3 Å². The van der Waals surface area contributed by atoms with Crippen molar-refractivity contribution in [1.29, 1.82) is 0 Å². The molecule has 3 rings (SSSR count). The summed E-state index contributed by atoms with van der Waals surface area (Å²) in [6.07, 6.45) is 5.73.